The molecule has 0 heterocycles. The summed E-state index contributed by atoms with van der Waals surface area (Å²) < 4.78 is 0. The summed E-state index contributed by atoms with van der Waals surface area (Å²) in [6.07, 6.45) is 10.6. The van der Waals surface area contributed by atoms with Crippen LogP contribution in [0, 0.1) is 5.92 Å². The highest BCUT2D eigenvalue weighted by Gasteiger charge is 2.20. The lowest BCUT2D eigenvalue weighted by Gasteiger charge is -2.23. The molecular formula is C22H26OS. The van der Waals surface area contributed by atoms with Crippen molar-refractivity contribution >= 4 is 17.5 Å². The smallest absolute Gasteiger partial charge is 0.155 e. The number of hydrogen-bond acceptors (Lipinski definition) is 2. The predicted molar refractivity (Wildman–Crippen MR) is 105 cm³/mol. The number of carbonyl (C=O) groups excluding carboxylic acids is 1. The standard InChI is InChI=1S/C22H26OS/c1-4-21(24-22-10-6-5-7-11-22)12-8-9-18-13-14-20(23)16-19(18)15-17(2)3/h4-7,10-12,16,18H,1-2,8-9,13-15H2,3H3/b21-12+. The zero-order valence-electron chi connectivity index (χ0n) is 14.5. The van der Waals surface area contributed by atoms with Crippen molar-refractivity contribution in [2.45, 2.75) is 43.9 Å². The van der Waals surface area contributed by atoms with Crippen LogP contribution in [0.3, 0.4) is 0 Å². The zero-order valence-corrected chi connectivity index (χ0v) is 15.3. The SMILES string of the molecule is C=C/C(=C\CCC1CCC(=O)C=C1CC(=C)C)Sc1ccccc1. The lowest BCUT2D eigenvalue weighted by Crippen LogP contribution is -2.14. The predicted octanol–water partition coefficient (Wildman–Crippen LogP) is 6.50. The van der Waals surface area contributed by atoms with Gasteiger partial charge in [-0.2, -0.15) is 0 Å². The molecule has 1 aliphatic rings. The summed E-state index contributed by atoms with van der Waals surface area (Å²) in [7, 11) is 0. The van der Waals surface area contributed by atoms with Crippen LogP contribution in [-0.2, 0) is 4.79 Å². The molecule has 24 heavy (non-hydrogen) atoms. The van der Waals surface area contributed by atoms with E-state index < -0.39 is 0 Å². The molecule has 1 atom stereocenters. The maximum absolute atomic E-state index is 11.7. The van der Waals surface area contributed by atoms with Gasteiger partial charge in [0.1, 0.15) is 0 Å². The summed E-state index contributed by atoms with van der Waals surface area (Å²) >= 11 is 1.75. The van der Waals surface area contributed by atoms with Crippen LogP contribution in [0.4, 0.5) is 0 Å². The Balaban J connectivity index is 1.95. The average Bonchev–Trinajstić information content (AvgIpc) is 2.56. The first kappa shape index (κ1) is 18.5. The highest BCUT2D eigenvalue weighted by atomic mass is 32.2. The highest BCUT2D eigenvalue weighted by molar-refractivity contribution is 8.03. The molecule has 0 saturated heterocycles. The van der Waals surface area contributed by atoms with Crippen LogP contribution in [0.25, 0.3) is 0 Å². The number of carbonyl (C=O) groups is 1. The van der Waals surface area contributed by atoms with Gasteiger partial charge in [-0.1, -0.05) is 66.4 Å². The number of hydrogen-bond donors (Lipinski definition) is 0. The first-order chi connectivity index (χ1) is 11.6. The van der Waals surface area contributed by atoms with Gasteiger partial charge in [0.15, 0.2) is 5.78 Å². The number of ketones is 1. The topological polar surface area (TPSA) is 17.1 Å². The molecule has 0 aromatic heterocycles. The van der Waals surface area contributed by atoms with Crippen LogP contribution in [0.2, 0.25) is 0 Å². The third-order valence-electron chi connectivity index (χ3n) is 4.16. The van der Waals surface area contributed by atoms with E-state index >= 15 is 0 Å². The Bertz CT molecular complexity index is 652. The van der Waals surface area contributed by atoms with E-state index in [4.69, 9.17) is 0 Å². The molecular weight excluding hydrogens is 312 g/mol. The van der Waals surface area contributed by atoms with Crippen molar-refractivity contribution < 1.29 is 4.79 Å². The summed E-state index contributed by atoms with van der Waals surface area (Å²) in [5, 5.41) is 0. The molecule has 0 saturated carbocycles. The molecule has 0 amide bonds. The van der Waals surface area contributed by atoms with Crippen LogP contribution in [0.5, 0.6) is 0 Å². The Morgan fingerprint density at radius 3 is 2.75 bits per heavy atom. The number of allylic oxidation sites excluding steroid dienone is 5. The molecule has 1 unspecified atom stereocenters. The second-order valence-electron chi connectivity index (χ2n) is 6.36. The van der Waals surface area contributed by atoms with Crippen molar-refractivity contribution in [3.63, 3.8) is 0 Å². The number of thioether (sulfide) groups is 1. The third kappa shape index (κ3) is 6.01. The molecule has 1 nitrogen and oxygen atoms in total. The van der Waals surface area contributed by atoms with Gasteiger partial charge >= 0.3 is 0 Å². The second-order valence-corrected chi connectivity index (χ2v) is 7.51. The molecule has 1 aliphatic carbocycles. The Morgan fingerprint density at radius 2 is 2.08 bits per heavy atom. The normalized spacial score (nSPS) is 18.2. The Morgan fingerprint density at radius 1 is 1.33 bits per heavy atom. The molecule has 0 bridgehead atoms. The largest absolute Gasteiger partial charge is 0.295 e. The Kier molecular flexibility index (Phi) is 7.33. The van der Waals surface area contributed by atoms with E-state index in [0.717, 1.165) is 31.3 Å². The molecule has 0 N–H and O–H groups in total. The van der Waals surface area contributed by atoms with Gasteiger partial charge in [0, 0.05) is 16.2 Å². The first-order valence-electron chi connectivity index (χ1n) is 8.51. The van der Waals surface area contributed by atoms with Gasteiger partial charge in [0.2, 0.25) is 0 Å². The summed E-state index contributed by atoms with van der Waals surface area (Å²) in [4.78, 5) is 14.1. The minimum atomic E-state index is 0.268. The van der Waals surface area contributed by atoms with Crippen molar-refractivity contribution in [1.29, 1.82) is 0 Å². The van der Waals surface area contributed by atoms with Crippen LogP contribution >= 0.6 is 11.8 Å². The minimum Gasteiger partial charge on any atom is -0.295 e. The monoisotopic (exact) mass is 338 g/mol. The van der Waals surface area contributed by atoms with Gasteiger partial charge in [0.25, 0.3) is 0 Å². The fourth-order valence-electron chi connectivity index (χ4n) is 2.99. The van der Waals surface area contributed by atoms with Crippen LogP contribution in [-0.4, -0.2) is 5.78 Å². The van der Waals surface area contributed by atoms with Crippen molar-refractivity contribution in [1.82, 2.24) is 0 Å². The molecule has 0 aliphatic heterocycles. The van der Waals surface area contributed by atoms with E-state index in [2.05, 4.69) is 43.5 Å². The van der Waals surface area contributed by atoms with Gasteiger partial charge in [-0.05, 0) is 56.7 Å². The summed E-state index contributed by atoms with van der Waals surface area (Å²) in [6.45, 7) is 9.96. The molecule has 1 aromatic carbocycles. The molecule has 0 radical (unpaired) electrons. The van der Waals surface area contributed by atoms with Gasteiger partial charge in [-0.15, -0.1) is 0 Å². The third-order valence-corrected chi connectivity index (χ3v) is 5.23. The van der Waals surface area contributed by atoms with Crippen LogP contribution in [0.1, 0.15) is 39.0 Å². The van der Waals surface area contributed by atoms with E-state index in [-0.39, 0.29) is 5.78 Å². The Hall–Kier alpha value is -1.80. The van der Waals surface area contributed by atoms with Gasteiger partial charge in [-0.3, -0.25) is 4.79 Å². The van der Waals surface area contributed by atoms with E-state index in [0.29, 0.717) is 12.3 Å². The fraction of sp³-hybridized carbons (Fsp3) is 0.318. The van der Waals surface area contributed by atoms with Crippen molar-refractivity contribution in [3.05, 3.63) is 77.8 Å². The fourth-order valence-corrected chi connectivity index (χ4v) is 3.84. The molecule has 1 aromatic rings. The van der Waals surface area contributed by atoms with Crippen molar-refractivity contribution in [3.8, 4) is 0 Å². The first-order valence-corrected chi connectivity index (χ1v) is 9.33. The lowest BCUT2D eigenvalue weighted by molar-refractivity contribution is -0.115. The molecule has 0 fully saturated rings. The van der Waals surface area contributed by atoms with Crippen molar-refractivity contribution in [2.75, 3.05) is 0 Å². The number of benzene rings is 1. The van der Waals surface area contributed by atoms with Crippen LogP contribution < -0.4 is 0 Å². The molecule has 2 rings (SSSR count). The summed E-state index contributed by atoms with van der Waals surface area (Å²) in [5.74, 6) is 0.771. The van der Waals surface area contributed by atoms with Gasteiger partial charge < -0.3 is 0 Å². The van der Waals surface area contributed by atoms with E-state index in [1.807, 2.05) is 25.1 Å². The molecule has 2 heteroatoms. The van der Waals surface area contributed by atoms with E-state index in [1.54, 1.807) is 11.8 Å². The highest BCUT2D eigenvalue weighted by Crippen LogP contribution is 2.33. The number of rotatable bonds is 8. The Labute approximate surface area is 150 Å². The lowest BCUT2D eigenvalue weighted by atomic mass is 9.81. The van der Waals surface area contributed by atoms with E-state index in [1.165, 1.54) is 15.4 Å². The quantitative estimate of drug-likeness (QED) is 0.306. The van der Waals surface area contributed by atoms with Gasteiger partial charge in [-0.25, -0.2) is 0 Å². The van der Waals surface area contributed by atoms with Gasteiger partial charge in [0.05, 0.1) is 0 Å². The second kappa shape index (κ2) is 9.48. The zero-order chi connectivity index (χ0) is 17.4. The molecule has 0 spiro atoms. The maximum Gasteiger partial charge on any atom is 0.155 e. The summed E-state index contributed by atoms with van der Waals surface area (Å²) in [5.41, 5.74) is 2.39. The average molecular weight is 339 g/mol. The van der Waals surface area contributed by atoms with E-state index in [9.17, 15) is 4.79 Å². The maximum atomic E-state index is 11.7. The summed E-state index contributed by atoms with van der Waals surface area (Å²) in [6, 6.07) is 10.4. The van der Waals surface area contributed by atoms with Crippen LogP contribution in [0.15, 0.2) is 82.7 Å². The molecule has 126 valence electrons. The van der Waals surface area contributed by atoms with Crippen molar-refractivity contribution in [2.24, 2.45) is 5.92 Å². The minimum absolute atomic E-state index is 0.268.